The molecule has 2 rings (SSSR count). The van der Waals surface area contributed by atoms with Crippen LogP contribution in [0.5, 0.6) is 0 Å². The van der Waals surface area contributed by atoms with Gasteiger partial charge in [0.05, 0.1) is 5.52 Å². The van der Waals surface area contributed by atoms with E-state index in [1.165, 1.54) is 9.63 Å². The monoisotopic (exact) mass is 204 g/mol. The molecule has 15 heavy (non-hydrogen) atoms. The second-order valence-corrected chi connectivity index (χ2v) is 3.45. The van der Waals surface area contributed by atoms with Crippen LogP contribution in [0, 0.1) is 0 Å². The van der Waals surface area contributed by atoms with Crippen LogP contribution < -0.4 is 4.84 Å². The minimum atomic E-state index is -0.392. The number of amides is 1. The molecule has 1 amide bonds. The summed E-state index contributed by atoms with van der Waals surface area (Å²) in [4.78, 5) is 17.9. The number of carbonyl (C=O) groups is 1. The van der Waals surface area contributed by atoms with E-state index in [2.05, 4.69) is 0 Å². The van der Waals surface area contributed by atoms with E-state index >= 15 is 0 Å². The summed E-state index contributed by atoms with van der Waals surface area (Å²) in [5.41, 5.74) is 0.882. The molecule has 0 saturated carbocycles. The van der Waals surface area contributed by atoms with Crippen molar-refractivity contribution in [1.29, 1.82) is 0 Å². The van der Waals surface area contributed by atoms with E-state index in [0.29, 0.717) is 0 Å². The molecule has 0 radical (unpaired) electrons. The van der Waals surface area contributed by atoms with Crippen molar-refractivity contribution in [2.75, 3.05) is 14.1 Å². The van der Waals surface area contributed by atoms with Gasteiger partial charge in [-0.25, -0.2) is 4.79 Å². The number of fused-ring (bicyclic) bond motifs is 1. The van der Waals surface area contributed by atoms with E-state index in [9.17, 15) is 4.79 Å². The van der Waals surface area contributed by atoms with Crippen LogP contribution in [0.1, 0.15) is 0 Å². The second kappa shape index (κ2) is 3.65. The molecule has 2 aromatic rings. The van der Waals surface area contributed by atoms with Crippen molar-refractivity contribution in [3.8, 4) is 0 Å². The molecule has 1 aromatic heterocycles. The molecule has 0 N–H and O–H groups in total. The molecule has 0 aliphatic rings. The van der Waals surface area contributed by atoms with Gasteiger partial charge in [-0.15, -0.1) is 0 Å². The first-order valence-corrected chi connectivity index (χ1v) is 4.64. The molecular formula is C11H12N2O2. The Morgan fingerprint density at radius 1 is 1.27 bits per heavy atom. The van der Waals surface area contributed by atoms with Crippen LogP contribution in [0.2, 0.25) is 0 Å². The van der Waals surface area contributed by atoms with Gasteiger partial charge in [0.1, 0.15) is 0 Å². The molecular weight excluding hydrogens is 192 g/mol. The number of carbonyl (C=O) groups excluding carboxylic acids is 1. The van der Waals surface area contributed by atoms with Gasteiger partial charge in [0, 0.05) is 25.7 Å². The molecule has 0 bridgehead atoms. The number of rotatable bonds is 1. The smallest absolute Gasteiger partial charge is 0.317 e. The standard InChI is InChI=1S/C11H12N2O2/c1-12(2)11(14)15-13-8-7-9-5-3-4-6-10(9)13/h3-8H,1-2H3. The molecule has 0 atom stereocenters. The average Bonchev–Trinajstić information content (AvgIpc) is 2.62. The summed E-state index contributed by atoms with van der Waals surface area (Å²) in [6.45, 7) is 0. The van der Waals surface area contributed by atoms with Crippen LogP contribution in [-0.2, 0) is 0 Å². The quantitative estimate of drug-likeness (QED) is 0.709. The average molecular weight is 204 g/mol. The number of hydrogen-bond donors (Lipinski definition) is 0. The van der Waals surface area contributed by atoms with Gasteiger partial charge in [-0.3, -0.25) is 0 Å². The summed E-state index contributed by atoms with van der Waals surface area (Å²) in [6, 6.07) is 9.62. The minimum absolute atomic E-state index is 0.392. The highest BCUT2D eigenvalue weighted by molar-refractivity contribution is 5.80. The van der Waals surface area contributed by atoms with Crippen molar-refractivity contribution in [2.24, 2.45) is 0 Å². The van der Waals surface area contributed by atoms with Crippen LogP contribution in [0.15, 0.2) is 36.5 Å². The van der Waals surface area contributed by atoms with Crippen molar-refractivity contribution >= 4 is 17.0 Å². The van der Waals surface area contributed by atoms with Gasteiger partial charge in [-0.05, 0) is 12.1 Å². The molecule has 1 aromatic carbocycles. The molecule has 0 aliphatic carbocycles. The molecule has 0 unspecified atom stereocenters. The molecule has 78 valence electrons. The Morgan fingerprint density at radius 2 is 2.00 bits per heavy atom. The lowest BCUT2D eigenvalue weighted by atomic mass is 10.3. The Balaban J connectivity index is 2.33. The summed E-state index contributed by atoms with van der Waals surface area (Å²) < 4.78 is 1.47. The van der Waals surface area contributed by atoms with Crippen LogP contribution in [0.4, 0.5) is 4.79 Å². The summed E-state index contributed by atoms with van der Waals surface area (Å²) >= 11 is 0. The molecule has 0 spiro atoms. The highest BCUT2D eigenvalue weighted by atomic mass is 16.7. The van der Waals surface area contributed by atoms with Crippen molar-refractivity contribution in [3.63, 3.8) is 0 Å². The number of nitrogens with zero attached hydrogens (tertiary/aromatic N) is 2. The summed E-state index contributed by atoms with van der Waals surface area (Å²) in [7, 11) is 3.29. The normalized spacial score (nSPS) is 10.3. The Bertz CT molecular complexity index is 488. The highest BCUT2D eigenvalue weighted by Gasteiger charge is 2.08. The Labute approximate surface area is 87.6 Å². The van der Waals surface area contributed by atoms with E-state index in [0.717, 1.165) is 10.9 Å². The topological polar surface area (TPSA) is 34.5 Å². The number of para-hydroxylation sites is 1. The van der Waals surface area contributed by atoms with Gasteiger partial charge >= 0.3 is 6.09 Å². The summed E-state index contributed by atoms with van der Waals surface area (Å²) in [5, 5.41) is 1.05. The van der Waals surface area contributed by atoms with Gasteiger partial charge in [-0.2, -0.15) is 4.73 Å². The minimum Gasteiger partial charge on any atom is -0.317 e. The maximum Gasteiger partial charge on any atom is 0.434 e. The van der Waals surface area contributed by atoms with Gasteiger partial charge in [0.15, 0.2) is 0 Å². The Hall–Kier alpha value is -1.97. The van der Waals surface area contributed by atoms with E-state index in [4.69, 9.17) is 4.84 Å². The predicted molar refractivity (Wildman–Crippen MR) is 57.6 cm³/mol. The highest BCUT2D eigenvalue weighted by Crippen LogP contribution is 2.13. The number of hydrogen-bond acceptors (Lipinski definition) is 2. The van der Waals surface area contributed by atoms with Gasteiger partial charge in [0.25, 0.3) is 0 Å². The first-order chi connectivity index (χ1) is 7.18. The third kappa shape index (κ3) is 1.79. The Kier molecular flexibility index (Phi) is 2.33. The number of aromatic nitrogens is 1. The zero-order valence-electron chi connectivity index (χ0n) is 8.68. The van der Waals surface area contributed by atoms with E-state index in [1.54, 1.807) is 20.3 Å². The first-order valence-electron chi connectivity index (χ1n) is 4.64. The fourth-order valence-electron chi connectivity index (χ4n) is 1.30. The number of benzene rings is 1. The van der Waals surface area contributed by atoms with Crippen molar-refractivity contribution in [3.05, 3.63) is 36.5 Å². The SMILES string of the molecule is CN(C)C(=O)On1ccc2ccccc21. The molecule has 4 heteroatoms. The predicted octanol–water partition coefficient (Wildman–Crippen LogP) is 1.75. The maximum absolute atomic E-state index is 11.3. The maximum atomic E-state index is 11.3. The lowest BCUT2D eigenvalue weighted by Crippen LogP contribution is -2.30. The van der Waals surface area contributed by atoms with Gasteiger partial charge in [0.2, 0.25) is 0 Å². The van der Waals surface area contributed by atoms with Gasteiger partial charge < -0.3 is 9.74 Å². The van der Waals surface area contributed by atoms with Crippen molar-refractivity contribution in [1.82, 2.24) is 9.63 Å². The molecule has 4 nitrogen and oxygen atoms in total. The first kappa shape index (κ1) is 9.58. The van der Waals surface area contributed by atoms with E-state index < -0.39 is 6.09 Å². The Morgan fingerprint density at radius 3 is 2.73 bits per heavy atom. The summed E-state index contributed by atoms with van der Waals surface area (Å²) in [5.74, 6) is 0. The van der Waals surface area contributed by atoms with Crippen LogP contribution in [0.3, 0.4) is 0 Å². The fourth-order valence-corrected chi connectivity index (χ4v) is 1.30. The van der Waals surface area contributed by atoms with Gasteiger partial charge in [-0.1, -0.05) is 18.2 Å². The zero-order valence-corrected chi connectivity index (χ0v) is 8.68. The molecule has 0 saturated heterocycles. The summed E-state index contributed by atoms with van der Waals surface area (Å²) in [6.07, 6.45) is 1.34. The molecule has 0 aliphatic heterocycles. The van der Waals surface area contributed by atoms with E-state index in [-0.39, 0.29) is 0 Å². The third-order valence-corrected chi connectivity index (χ3v) is 2.11. The second-order valence-electron chi connectivity index (χ2n) is 3.45. The van der Waals surface area contributed by atoms with Crippen LogP contribution in [0.25, 0.3) is 10.9 Å². The molecule has 1 heterocycles. The lowest BCUT2D eigenvalue weighted by molar-refractivity contribution is 0.112. The van der Waals surface area contributed by atoms with Crippen LogP contribution >= 0.6 is 0 Å². The van der Waals surface area contributed by atoms with Crippen LogP contribution in [-0.4, -0.2) is 29.8 Å². The lowest BCUT2D eigenvalue weighted by Gasteiger charge is -2.11. The van der Waals surface area contributed by atoms with E-state index in [1.807, 2.05) is 30.3 Å². The van der Waals surface area contributed by atoms with Crippen molar-refractivity contribution in [2.45, 2.75) is 0 Å². The fraction of sp³-hybridized carbons (Fsp3) is 0.182. The largest absolute Gasteiger partial charge is 0.434 e. The zero-order chi connectivity index (χ0) is 10.8. The van der Waals surface area contributed by atoms with Crippen molar-refractivity contribution < 1.29 is 9.63 Å². The molecule has 0 fully saturated rings. The third-order valence-electron chi connectivity index (χ3n) is 2.11.